The van der Waals surface area contributed by atoms with E-state index in [1.807, 2.05) is 0 Å². The Morgan fingerprint density at radius 3 is 2.76 bits per heavy atom. The number of aromatic amines is 1. The lowest BCUT2D eigenvalue weighted by atomic mass is 9.70. The van der Waals surface area contributed by atoms with Crippen molar-refractivity contribution in [1.29, 1.82) is 0 Å². The number of nitrogens with one attached hydrogen (secondary N) is 1. The summed E-state index contributed by atoms with van der Waals surface area (Å²) in [6.45, 7) is 4.07. The van der Waals surface area contributed by atoms with E-state index in [1.54, 1.807) is 13.8 Å². The molecule has 1 aromatic heterocycles. The molecule has 2 aliphatic rings. The molecule has 25 heavy (non-hydrogen) atoms. The maximum absolute atomic E-state index is 11.9. The van der Waals surface area contributed by atoms with Gasteiger partial charge in [-0.1, -0.05) is 12.1 Å². The minimum Gasteiger partial charge on any atom is -0.361 e. The molecule has 132 valence electrons. The largest absolute Gasteiger partial charge is 0.361 e. The van der Waals surface area contributed by atoms with Crippen LogP contribution in [0.1, 0.15) is 43.7 Å². The minimum atomic E-state index is -0.433. The molecule has 4 rings (SSSR count). The van der Waals surface area contributed by atoms with E-state index >= 15 is 0 Å². The van der Waals surface area contributed by atoms with Crippen molar-refractivity contribution in [1.82, 2.24) is 9.88 Å². The Labute approximate surface area is 148 Å². The summed E-state index contributed by atoms with van der Waals surface area (Å²) in [7, 11) is 2.19. The summed E-state index contributed by atoms with van der Waals surface area (Å²) in [6, 6.07) is 7.06. The number of hydrogen-bond donors (Lipinski definition) is 1. The van der Waals surface area contributed by atoms with Crippen LogP contribution in [-0.2, 0) is 16.0 Å². The Balaban J connectivity index is 1.65. The van der Waals surface area contributed by atoms with Gasteiger partial charge in [0.25, 0.3) is 0 Å². The number of carbonyl (C=O) groups excluding carboxylic acids is 2. The molecular weight excluding hydrogens is 312 g/mol. The van der Waals surface area contributed by atoms with Crippen molar-refractivity contribution < 1.29 is 9.59 Å². The molecular formula is C21H26N2O2. The normalized spacial score (nSPS) is 26.0. The van der Waals surface area contributed by atoms with Crippen LogP contribution in [0.5, 0.6) is 0 Å². The van der Waals surface area contributed by atoms with Crippen molar-refractivity contribution in [2.45, 2.75) is 45.1 Å². The number of rotatable bonds is 4. The molecule has 1 N–H and O–H groups in total. The third-order valence-corrected chi connectivity index (χ3v) is 6.36. The topological polar surface area (TPSA) is 53.2 Å². The fourth-order valence-electron chi connectivity index (χ4n) is 5.18. The van der Waals surface area contributed by atoms with Gasteiger partial charge in [-0.15, -0.1) is 0 Å². The number of fused-ring (bicyclic) bond motifs is 2. The average molecular weight is 338 g/mol. The number of Topliss-reactive ketones (excluding diaryl/α,β-unsaturated/α-hetero) is 2. The minimum absolute atomic E-state index is 0.0101. The molecule has 0 saturated carbocycles. The summed E-state index contributed by atoms with van der Waals surface area (Å²) in [5, 5.41) is 1.40. The van der Waals surface area contributed by atoms with Gasteiger partial charge in [0.15, 0.2) is 0 Å². The van der Waals surface area contributed by atoms with Crippen molar-refractivity contribution in [2.75, 3.05) is 13.6 Å². The van der Waals surface area contributed by atoms with E-state index in [0.717, 1.165) is 19.4 Å². The molecule has 0 amide bonds. The summed E-state index contributed by atoms with van der Waals surface area (Å²) in [4.78, 5) is 29.6. The predicted octanol–water partition coefficient (Wildman–Crippen LogP) is 3.31. The molecule has 1 unspecified atom stereocenters. The highest BCUT2D eigenvalue weighted by Gasteiger charge is 2.40. The van der Waals surface area contributed by atoms with Crippen LogP contribution in [0.15, 0.2) is 24.4 Å². The lowest BCUT2D eigenvalue weighted by Gasteiger charge is -2.46. The fraction of sp³-hybridized carbons (Fsp3) is 0.524. The Bertz CT molecular complexity index is 824. The molecule has 4 heteroatoms. The Hall–Kier alpha value is -1.94. The van der Waals surface area contributed by atoms with Gasteiger partial charge < -0.3 is 9.88 Å². The number of nitrogens with zero attached hydrogens (tertiary/aromatic N) is 1. The van der Waals surface area contributed by atoms with Crippen LogP contribution in [0.3, 0.4) is 0 Å². The van der Waals surface area contributed by atoms with Gasteiger partial charge in [-0.3, -0.25) is 9.59 Å². The van der Waals surface area contributed by atoms with Crippen molar-refractivity contribution >= 4 is 22.5 Å². The second-order valence-corrected chi connectivity index (χ2v) is 8.01. The van der Waals surface area contributed by atoms with Crippen LogP contribution in [0.2, 0.25) is 0 Å². The van der Waals surface area contributed by atoms with Crippen molar-refractivity contribution in [3.05, 3.63) is 35.5 Å². The Morgan fingerprint density at radius 1 is 1.28 bits per heavy atom. The molecule has 0 radical (unpaired) electrons. The van der Waals surface area contributed by atoms with E-state index in [4.69, 9.17) is 0 Å². The van der Waals surface area contributed by atoms with Crippen LogP contribution in [0, 0.1) is 11.8 Å². The Morgan fingerprint density at radius 2 is 2.04 bits per heavy atom. The molecule has 2 aromatic rings. The molecule has 1 saturated heterocycles. The van der Waals surface area contributed by atoms with Gasteiger partial charge in [0.05, 0.1) is 5.92 Å². The summed E-state index contributed by atoms with van der Waals surface area (Å²) in [6.07, 6.45) is 4.99. The van der Waals surface area contributed by atoms with E-state index in [-0.39, 0.29) is 11.6 Å². The van der Waals surface area contributed by atoms with Gasteiger partial charge in [-0.2, -0.15) is 0 Å². The van der Waals surface area contributed by atoms with Gasteiger partial charge >= 0.3 is 0 Å². The molecule has 0 spiro atoms. The van der Waals surface area contributed by atoms with E-state index in [1.165, 1.54) is 22.0 Å². The number of likely N-dealkylation sites (tertiary alicyclic amines) is 1. The van der Waals surface area contributed by atoms with Crippen molar-refractivity contribution in [2.24, 2.45) is 11.8 Å². The second kappa shape index (κ2) is 6.10. The summed E-state index contributed by atoms with van der Waals surface area (Å²) in [5.74, 6) is 0.458. The average Bonchev–Trinajstić information content (AvgIpc) is 2.98. The predicted molar refractivity (Wildman–Crippen MR) is 98.7 cm³/mol. The van der Waals surface area contributed by atoms with Crippen LogP contribution in [0.25, 0.3) is 10.9 Å². The molecule has 3 atom stereocenters. The molecule has 1 aliphatic carbocycles. The maximum atomic E-state index is 11.9. The number of likely N-dealkylation sites (N-methyl/N-ethyl adjacent to an activating group) is 1. The number of aromatic nitrogens is 1. The van der Waals surface area contributed by atoms with Gasteiger partial charge in [0.2, 0.25) is 0 Å². The highest BCUT2D eigenvalue weighted by molar-refractivity contribution is 6.00. The van der Waals surface area contributed by atoms with Crippen molar-refractivity contribution in [3.63, 3.8) is 0 Å². The SMILES string of the molecule is CC(=O)C(C[C@@H]1CC2c3cccc4[nH]cc(c34)C[C@H]2N(C)C1)C(C)=O. The van der Waals surface area contributed by atoms with Crippen LogP contribution in [-0.4, -0.2) is 41.1 Å². The zero-order chi connectivity index (χ0) is 17.7. The second-order valence-electron chi connectivity index (χ2n) is 8.01. The van der Waals surface area contributed by atoms with E-state index in [0.29, 0.717) is 24.3 Å². The third-order valence-electron chi connectivity index (χ3n) is 6.36. The number of piperidine rings is 1. The first-order chi connectivity index (χ1) is 12.0. The van der Waals surface area contributed by atoms with Crippen LogP contribution < -0.4 is 0 Å². The summed E-state index contributed by atoms with van der Waals surface area (Å²) >= 11 is 0. The van der Waals surface area contributed by atoms with Crippen molar-refractivity contribution in [3.8, 4) is 0 Å². The zero-order valence-electron chi connectivity index (χ0n) is 15.2. The highest BCUT2D eigenvalue weighted by atomic mass is 16.1. The van der Waals surface area contributed by atoms with Gasteiger partial charge in [-0.25, -0.2) is 0 Å². The lowest BCUT2D eigenvalue weighted by molar-refractivity contribution is -0.131. The first kappa shape index (κ1) is 16.5. The van der Waals surface area contributed by atoms with E-state index in [9.17, 15) is 9.59 Å². The van der Waals surface area contributed by atoms with Gasteiger partial charge in [-0.05, 0) is 63.3 Å². The number of benzene rings is 1. The van der Waals surface area contributed by atoms with Crippen LogP contribution in [0.4, 0.5) is 0 Å². The number of carbonyl (C=O) groups is 2. The first-order valence-corrected chi connectivity index (χ1v) is 9.25. The number of H-pyrrole nitrogens is 1. The first-order valence-electron chi connectivity index (χ1n) is 9.25. The summed E-state index contributed by atoms with van der Waals surface area (Å²) < 4.78 is 0. The van der Waals surface area contributed by atoms with E-state index in [2.05, 4.69) is 41.3 Å². The number of ketones is 2. The Kier molecular flexibility index (Phi) is 4.03. The summed E-state index contributed by atoms with van der Waals surface area (Å²) in [5.41, 5.74) is 4.08. The lowest BCUT2D eigenvalue weighted by Crippen LogP contribution is -2.48. The molecule has 2 heterocycles. The quantitative estimate of drug-likeness (QED) is 0.870. The molecule has 1 aliphatic heterocycles. The zero-order valence-corrected chi connectivity index (χ0v) is 15.2. The van der Waals surface area contributed by atoms with Crippen LogP contribution >= 0.6 is 0 Å². The van der Waals surface area contributed by atoms with Gasteiger partial charge in [0.1, 0.15) is 11.6 Å². The molecule has 1 fully saturated rings. The van der Waals surface area contributed by atoms with E-state index < -0.39 is 5.92 Å². The fourth-order valence-corrected chi connectivity index (χ4v) is 5.18. The molecule has 4 nitrogen and oxygen atoms in total. The smallest absolute Gasteiger partial charge is 0.140 e. The van der Waals surface area contributed by atoms with Gasteiger partial charge in [0, 0.05) is 35.6 Å². The third kappa shape index (κ3) is 2.73. The number of hydrogen-bond acceptors (Lipinski definition) is 3. The monoisotopic (exact) mass is 338 g/mol. The molecule has 0 bridgehead atoms. The molecule has 1 aromatic carbocycles. The highest BCUT2D eigenvalue weighted by Crippen LogP contribution is 2.45. The standard InChI is InChI=1S/C21H26N2O2/c1-12(24)17(13(2)25)7-14-8-18-16-5-4-6-19-21(16)15(10-22-19)9-20(18)23(3)11-14/h4-6,10,14,17-18,20,22H,7-9,11H2,1-3H3/t14-,18?,20-/m1/s1. The maximum Gasteiger partial charge on any atom is 0.140 e.